The van der Waals surface area contributed by atoms with E-state index >= 15 is 0 Å². The normalized spacial score (nSPS) is 20.3. The summed E-state index contributed by atoms with van der Waals surface area (Å²) in [7, 11) is 0. The fourth-order valence-corrected chi connectivity index (χ4v) is 3.24. The van der Waals surface area contributed by atoms with E-state index in [1.54, 1.807) is 11.3 Å². The van der Waals surface area contributed by atoms with Crippen molar-refractivity contribution in [2.75, 3.05) is 6.54 Å². The molecule has 0 radical (unpaired) electrons. The summed E-state index contributed by atoms with van der Waals surface area (Å²) in [6.07, 6.45) is 4.93. The van der Waals surface area contributed by atoms with Crippen LogP contribution in [-0.4, -0.2) is 23.2 Å². The lowest BCUT2D eigenvalue weighted by molar-refractivity contribution is -0.123. The van der Waals surface area contributed by atoms with Crippen molar-refractivity contribution < 1.29 is 9.90 Å². The van der Waals surface area contributed by atoms with Crippen LogP contribution in [0.2, 0.25) is 0 Å². The van der Waals surface area contributed by atoms with Gasteiger partial charge in [0.05, 0.1) is 11.5 Å². The molecule has 1 saturated carbocycles. The zero-order valence-corrected chi connectivity index (χ0v) is 11.6. The summed E-state index contributed by atoms with van der Waals surface area (Å²) in [5, 5.41) is 15.2. The van der Waals surface area contributed by atoms with E-state index in [1.807, 2.05) is 24.4 Å². The fraction of sp³-hybridized carbons (Fsp3) is 0.643. The summed E-state index contributed by atoms with van der Waals surface area (Å²) in [4.78, 5) is 13.1. The molecule has 0 spiro atoms. The Morgan fingerprint density at radius 1 is 1.50 bits per heavy atom. The summed E-state index contributed by atoms with van der Waals surface area (Å²) in [6.45, 7) is 2.30. The van der Waals surface area contributed by atoms with Crippen molar-refractivity contribution in [3.8, 4) is 0 Å². The number of amides is 1. The largest absolute Gasteiger partial charge is 0.388 e. The first kappa shape index (κ1) is 13.6. The minimum absolute atomic E-state index is 0.0106. The first-order valence-electron chi connectivity index (χ1n) is 6.64. The molecule has 0 aromatic carbocycles. The third-order valence-corrected chi connectivity index (χ3v) is 4.79. The molecule has 1 amide bonds. The lowest BCUT2D eigenvalue weighted by atomic mass is 9.85. The SMILES string of the molecule is C[C@H](C(=O)NCC1(O)CCCCC1)c1cccs1. The number of nitrogens with one attached hydrogen (secondary N) is 1. The molecule has 0 unspecified atom stereocenters. The monoisotopic (exact) mass is 267 g/mol. The van der Waals surface area contributed by atoms with Crippen molar-refractivity contribution >= 4 is 17.2 Å². The Bertz CT molecular complexity index is 383. The smallest absolute Gasteiger partial charge is 0.228 e. The standard InChI is InChI=1S/C14H21NO2S/c1-11(12-6-5-9-18-12)13(16)15-10-14(17)7-3-2-4-8-14/h5-6,9,11,17H,2-4,7-8,10H2,1H3,(H,15,16)/t11-/m0/s1. The topological polar surface area (TPSA) is 49.3 Å². The number of aliphatic hydroxyl groups is 1. The van der Waals surface area contributed by atoms with Crippen molar-refractivity contribution in [3.05, 3.63) is 22.4 Å². The van der Waals surface area contributed by atoms with Crippen LogP contribution >= 0.6 is 11.3 Å². The number of carbonyl (C=O) groups excluding carboxylic acids is 1. The summed E-state index contributed by atoms with van der Waals surface area (Å²) in [5.41, 5.74) is -0.678. The molecule has 4 heteroatoms. The van der Waals surface area contributed by atoms with Crippen LogP contribution in [-0.2, 0) is 4.79 Å². The predicted molar refractivity (Wildman–Crippen MR) is 73.8 cm³/mol. The van der Waals surface area contributed by atoms with Gasteiger partial charge in [0.2, 0.25) is 5.91 Å². The molecule has 1 aromatic rings. The molecule has 100 valence electrons. The van der Waals surface area contributed by atoms with E-state index in [4.69, 9.17) is 0 Å². The van der Waals surface area contributed by atoms with Crippen LogP contribution in [0, 0.1) is 0 Å². The molecular weight excluding hydrogens is 246 g/mol. The maximum absolute atomic E-state index is 12.0. The molecule has 1 aliphatic carbocycles. The van der Waals surface area contributed by atoms with Crippen LogP contribution in [0.1, 0.15) is 49.8 Å². The quantitative estimate of drug-likeness (QED) is 0.881. The molecule has 0 aliphatic heterocycles. The minimum Gasteiger partial charge on any atom is -0.388 e. The zero-order chi connectivity index (χ0) is 13.0. The minimum atomic E-state index is -0.678. The van der Waals surface area contributed by atoms with Gasteiger partial charge >= 0.3 is 0 Å². The second kappa shape index (κ2) is 5.85. The highest BCUT2D eigenvalue weighted by Gasteiger charge is 2.30. The maximum atomic E-state index is 12.0. The highest BCUT2D eigenvalue weighted by molar-refractivity contribution is 7.10. The Balaban J connectivity index is 1.84. The van der Waals surface area contributed by atoms with Gasteiger partial charge in [0.1, 0.15) is 0 Å². The van der Waals surface area contributed by atoms with Gasteiger partial charge in [-0.25, -0.2) is 0 Å². The molecule has 2 rings (SSSR count). The molecule has 0 bridgehead atoms. The van der Waals surface area contributed by atoms with E-state index in [0.29, 0.717) is 6.54 Å². The number of carbonyl (C=O) groups is 1. The molecule has 18 heavy (non-hydrogen) atoms. The molecular formula is C14H21NO2S. The Morgan fingerprint density at radius 2 is 2.22 bits per heavy atom. The average molecular weight is 267 g/mol. The Morgan fingerprint density at radius 3 is 2.83 bits per heavy atom. The molecule has 0 saturated heterocycles. The van der Waals surface area contributed by atoms with Crippen molar-refractivity contribution in [1.29, 1.82) is 0 Å². The van der Waals surface area contributed by atoms with Gasteiger partial charge in [-0.3, -0.25) is 4.79 Å². The van der Waals surface area contributed by atoms with Crippen molar-refractivity contribution in [1.82, 2.24) is 5.32 Å². The Hall–Kier alpha value is -0.870. The van der Waals surface area contributed by atoms with Gasteiger partial charge in [-0.2, -0.15) is 0 Å². The third kappa shape index (κ3) is 3.33. The van der Waals surface area contributed by atoms with Crippen molar-refractivity contribution in [2.45, 2.75) is 50.5 Å². The zero-order valence-electron chi connectivity index (χ0n) is 10.8. The average Bonchev–Trinajstić information content (AvgIpc) is 2.90. The number of hydrogen-bond acceptors (Lipinski definition) is 3. The van der Waals surface area contributed by atoms with Crippen LogP contribution < -0.4 is 5.32 Å². The van der Waals surface area contributed by atoms with Crippen LogP contribution in [0.4, 0.5) is 0 Å². The van der Waals surface area contributed by atoms with E-state index < -0.39 is 5.60 Å². The van der Waals surface area contributed by atoms with E-state index in [1.165, 1.54) is 6.42 Å². The van der Waals surface area contributed by atoms with E-state index in [2.05, 4.69) is 5.32 Å². The van der Waals surface area contributed by atoms with Gasteiger partial charge < -0.3 is 10.4 Å². The van der Waals surface area contributed by atoms with Crippen molar-refractivity contribution in [3.63, 3.8) is 0 Å². The fourth-order valence-electron chi connectivity index (χ4n) is 2.46. The summed E-state index contributed by atoms with van der Waals surface area (Å²) in [5.74, 6) is -0.117. The lowest BCUT2D eigenvalue weighted by Gasteiger charge is -2.32. The first-order valence-corrected chi connectivity index (χ1v) is 7.52. The molecule has 1 fully saturated rings. The Kier molecular flexibility index (Phi) is 4.40. The number of thiophene rings is 1. The number of rotatable bonds is 4. The molecule has 1 aliphatic rings. The summed E-state index contributed by atoms with van der Waals surface area (Å²) < 4.78 is 0. The number of hydrogen-bond donors (Lipinski definition) is 2. The molecule has 1 atom stereocenters. The van der Waals surface area contributed by atoms with Crippen LogP contribution in [0.15, 0.2) is 17.5 Å². The van der Waals surface area contributed by atoms with Gasteiger partial charge in [-0.05, 0) is 31.2 Å². The predicted octanol–water partition coefficient (Wildman–Crippen LogP) is 2.66. The Labute approximate surface area is 112 Å². The molecule has 1 heterocycles. The van der Waals surface area contributed by atoms with Gasteiger partial charge in [-0.1, -0.05) is 25.3 Å². The van der Waals surface area contributed by atoms with Gasteiger partial charge in [0.25, 0.3) is 0 Å². The van der Waals surface area contributed by atoms with Crippen LogP contribution in [0.5, 0.6) is 0 Å². The van der Waals surface area contributed by atoms with E-state index in [-0.39, 0.29) is 11.8 Å². The van der Waals surface area contributed by atoms with Crippen LogP contribution in [0.3, 0.4) is 0 Å². The second-order valence-electron chi connectivity index (χ2n) is 5.24. The van der Waals surface area contributed by atoms with Gasteiger partial charge in [-0.15, -0.1) is 11.3 Å². The highest BCUT2D eigenvalue weighted by atomic mass is 32.1. The van der Waals surface area contributed by atoms with Crippen molar-refractivity contribution in [2.24, 2.45) is 0 Å². The highest BCUT2D eigenvalue weighted by Crippen LogP contribution is 2.27. The van der Waals surface area contributed by atoms with Gasteiger partial charge in [0.15, 0.2) is 0 Å². The second-order valence-corrected chi connectivity index (χ2v) is 6.22. The van der Waals surface area contributed by atoms with Gasteiger partial charge in [0, 0.05) is 11.4 Å². The summed E-state index contributed by atoms with van der Waals surface area (Å²) >= 11 is 1.60. The van der Waals surface area contributed by atoms with E-state index in [0.717, 1.165) is 30.6 Å². The first-order chi connectivity index (χ1) is 8.61. The molecule has 2 N–H and O–H groups in total. The van der Waals surface area contributed by atoms with Crippen LogP contribution in [0.25, 0.3) is 0 Å². The molecule has 3 nitrogen and oxygen atoms in total. The summed E-state index contributed by atoms with van der Waals surface area (Å²) in [6, 6.07) is 3.93. The van der Waals surface area contributed by atoms with E-state index in [9.17, 15) is 9.90 Å². The maximum Gasteiger partial charge on any atom is 0.228 e. The molecule has 1 aromatic heterocycles. The third-order valence-electron chi connectivity index (χ3n) is 3.74. The lowest BCUT2D eigenvalue weighted by Crippen LogP contribution is -2.45.